The van der Waals surface area contributed by atoms with Crippen molar-refractivity contribution < 1.29 is 24.2 Å². The lowest BCUT2D eigenvalue weighted by Gasteiger charge is -2.28. The molecular weight excluding hydrogens is 250 g/mol. The Bertz CT molecular complexity index is 375. The molecule has 1 amide bonds. The van der Waals surface area contributed by atoms with Crippen LogP contribution in [0.15, 0.2) is 0 Å². The zero-order valence-corrected chi connectivity index (χ0v) is 10.8. The minimum atomic E-state index is -1.08. The summed E-state index contributed by atoms with van der Waals surface area (Å²) in [6, 6.07) is -0.985. The van der Waals surface area contributed by atoms with E-state index < -0.39 is 18.1 Å². The molecular formula is C13H19NO5. The van der Waals surface area contributed by atoms with Crippen LogP contribution in [0.3, 0.4) is 0 Å². The van der Waals surface area contributed by atoms with Crippen LogP contribution in [-0.4, -0.2) is 41.5 Å². The Morgan fingerprint density at radius 2 is 2.11 bits per heavy atom. The van der Waals surface area contributed by atoms with Crippen LogP contribution in [-0.2, 0) is 19.1 Å². The second kappa shape index (κ2) is 6.14. The molecule has 1 saturated heterocycles. The first-order chi connectivity index (χ1) is 9.08. The average molecular weight is 269 g/mol. The van der Waals surface area contributed by atoms with Crippen molar-refractivity contribution in [3.63, 3.8) is 0 Å². The third-order valence-corrected chi connectivity index (χ3v) is 3.78. The van der Waals surface area contributed by atoms with Crippen LogP contribution in [0.2, 0.25) is 0 Å². The van der Waals surface area contributed by atoms with Crippen molar-refractivity contribution in [2.45, 2.75) is 50.7 Å². The van der Waals surface area contributed by atoms with E-state index in [-0.39, 0.29) is 24.0 Å². The average Bonchev–Trinajstić information content (AvgIpc) is 2.89. The van der Waals surface area contributed by atoms with Crippen molar-refractivity contribution in [3.05, 3.63) is 0 Å². The topological polar surface area (TPSA) is 92.7 Å². The number of carbonyl (C=O) groups is 3. The van der Waals surface area contributed by atoms with Gasteiger partial charge in [0, 0.05) is 19.4 Å². The summed E-state index contributed by atoms with van der Waals surface area (Å²) in [5, 5.41) is 11.8. The van der Waals surface area contributed by atoms with Crippen LogP contribution in [0.25, 0.3) is 0 Å². The molecule has 0 radical (unpaired) electrons. The molecule has 2 fully saturated rings. The fraction of sp³-hybridized carbons (Fsp3) is 0.769. The molecule has 0 spiro atoms. The first-order valence-electron chi connectivity index (χ1n) is 6.74. The van der Waals surface area contributed by atoms with Gasteiger partial charge in [-0.2, -0.15) is 0 Å². The monoisotopic (exact) mass is 269 g/mol. The van der Waals surface area contributed by atoms with Gasteiger partial charge in [-0.3, -0.25) is 9.59 Å². The summed E-state index contributed by atoms with van der Waals surface area (Å²) in [6.07, 6.45) is 3.02. The highest BCUT2D eigenvalue weighted by molar-refractivity contribution is 5.87. The van der Waals surface area contributed by atoms with Crippen molar-refractivity contribution in [2.24, 2.45) is 5.92 Å². The summed E-state index contributed by atoms with van der Waals surface area (Å²) in [5.74, 6) is -1.67. The van der Waals surface area contributed by atoms with Crippen LogP contribution >= 0.6 is 0 Å². The van der Waals surface area contributed by atoms with Crippen LogP contribution in [0.5, 0.6) is 0 Å². The molecule has 1 saturated carbocycles. The number of Topliss-reactive ketones (excluding diaryl/α,β-unsaturated/α-hetero) is 1. The number of ketones is 1. The highest BCUT2D eigenvalue weighted by Crippen LogP contribution is 2.25. The Balaban J connectivity index is 1.97. The SMILES string of the molecule is O=C1CCC[C@@H]([C@@H](NC(=O)[C@H]2CCCO2)C(=O)O)C1. The van der Waals surface area contributed by atoms with Crippen LogP contribution in [0.4, 0.5) is 0 Å². The molecule has 0 aromatic carbocycles. The fourth-order valence-electron chi connectivity index (χ4n) is 2.75. The van der Waals surface area contributed by atoms with E-state index in [1.54, 1.807) is 0 Å². The number of nitrogens with one attached hydrogen (secondary N) is 1. The number of rotatable bonds is 4. The van der Waals surface area contributed by atoms with Gasteiger partial charge in [0.1, 0.15) is 17.9 Å². The minimum Gasteiger partial charge on any atom is -0.480 e. The number of amides is 1. The largest absolute Gasteiger partial charge is 0.480 e. The van der Waals surface area contributed by atoms with E-state index >= 15 is 0 Å². The highest BCUT2D eigenvalue weighted by atomic mass is 16.5. The third kappa shape index (κ3) is 3.53. The Morgan fingerprint density at radius 3 is 2.68 bits per heavy atom. The second-order valence-corrected chi connectivity index (χ2v) is 5.22. The van der Waals surface area contributed by atoms with Gasteiger partial charge in [-0.25, -0.2) is 4.79 Å². The molecule has 0 bridgehead atoms. The lowest BCUT2D eigenvalue weighted by Crippen LogP contribution is -2.50. The van der Waals surface area contributed by atoms with E-state index in [0.29, 0.717) is 32.3 Å². The Labute approximate surface area is 111 Å². The van der Waals surface area contributed by atoms with E-state index in [1.165, 1.54) is 0 Å². The van der Waals surface area contributed by atoms with Crippen LogP contribution < -0.4 is 5.32 Å². The molecule has 0 aromatic rings. The molecule has 2 N–H and O–H groups in total. The summed E-state index contributed by atoms with van der Waals surface area (Å²) >= 11 is 0. The van der Waals surface area contributed by atoms with E-state index in [9.17, 15) is 19.5 Å². The molecule has 1 heterocycles. The molecule has 2 aliphatic rings. The molecule has 6 heteroatoms. The van der Waals surface area contributed by atoms with Gasteiger partial charge in [-0.15, -0.1) is 0 Å². The van der Waals surface area contributed by atoms with Crippen LogP contribution in [0, 0.1) is 5.92 Å². The Morgan fingerprint density at radius 1 is 1.32 bits per heavy atom. The minimum absolute atomic E-state index is 0.0777. The number of carbonyl (C=O) groups excluding carboxylic acids is 2. The zero-order chi connectivity index (χ0) is 13.8. The Hall–Kier alpha value is -1.43. The first-order valence-corrected chi connectivity index (χ1v) is 6.74. The van der Waals surface area contributed by atoms with E-state index in [4.69, 9.17) is 4.74 Å². The van der Waals surface area contributed by atoms with E-state index in [0.717, 1.165) is 6.42 Å². The maximum absolute atomic E-state index is 11.9. The molecule has 2 rings (SSSR count). The summed E-state index contributed by atoms with van der Waals surface area (Å²) < 4.78 is 5.23. The highest BCUT2D eigenvalue weighted by Gasteiger charge is 2.35. The lowest BCUT2D eigenvalue weighted by atomic mass is 9.83. The number of ether oxygens (including phenoxy) is 1. The van der Waals surface area contributed by atoms with Gasteiger partial charge in [0.15, 0.2) is 0 Å². The van der Waals surface area contributed by atoms with Crippen LogP contribution in [0.1, 0.15) is 38.5 Å². The summed E-state index contributed by atoms with van der Waals surface area (Å²) in [7, 11) is 0. The fourth-order valence-corrected chi connectivity index (χ4v) is 2.75. The number of carboxylic acids is 1. The van der Waals surface area contributed by atoms with Gasteiger partial charge in [0.2, 0.25) is 5.91 Å². The summed E-state index contributed by atoms with van der Waals surface area (Å²) in [5.41, 5.74) is 0. The van der Waals surface area contributed by atoms with Crippen molar-refractivity contribution in [2.75, 3.05) is 6.61 Å². The lowest BCUT2D eigenvalue weighted by molar-refractivity contribution is -0.146. The molecule has 0 aromatic heterocycles. The smallest absolute Gasteiger partial charge is 0.326 e. The molecule has 1 aliphatic heterocycles. The van der Waals surface area contributed by atoms with E-state index in [2.05, 4.69) is 5.32 Å². The molecule has 6 nitrogen and oxygen atoms in total. The second-order valence-electron chi connectivity index (χ2n) is 5.22. The van der Waals surface area contributed by atoms with E-state index in [1.807, 2.05) is 0 Å². The number of carboxylic acid groups (broad SMARTS) is 1. The van der Waals surface area contributed by atoms with Crippen molar-refractivity contribution in [1.82, 2.24) is 5.32 Å². The maximum Gasteiger partial charge on any atom is 0.326 e. The first kappa shape index (κ1) is 14.0. The zero-order valence-electron chi connectivity index (χ0n) is 10.8. The predicted molar refractivity (Wildman–Crippen MR) is 65.5 cm³/mol. The molecule has 19 heavy (non-hydrogen) atoms. The van der Waals surface area contributed by atoms with Gasteiger partial charge in [-0.05, 0) is 31.6 Å². The molecule has 1 aliphatic carbocycles. The summed E-state index contributed by atoms with van der Waals surface area (Å²) in [4.78, 5) is 34.6. The van der Waals surface area contributed by atoms with Crippen molar-refractivity contribution >= 4 is 17.7 Å². The normalized spacial score (nSPS) is 28.9. The van der Waals surface area contributed by atoms with Gasteiger partial charge in [0.05, 0.1) is 0 Å². The number of aliphatic carboxylic acids is 1. The predicted octanol–water partition coefficient (Wildman–Crippen LogP) is 0.494. The van der Waals surface area contributed by atoms with Gasteiger partial charge in [0.25, 0.3) is 0 Å². The number of hydrogen-bond acceptors (Lipinski definition) is 4. The quantitative estimate of drug-likeness (QED) is 0.775. The maximum atomic E-state index is 11.9. The molecule has 3 atom stereocenters. The molecule has 106 valence electrons. The molecule has 0 unspecified atom stereocenters. The van der Waals surface area contributed by atoms with Gasteiger partial charge >= 0.3 is 5.97 Å². The van der Waals surface area contributed by atoms with Crippen molar-refractivity contribution in [3.8, 4) is 0 Å². The number of hydrogen-bond donors (Lipinski definition) is 2. The Kier molecular flexibility index (Phi) is 4.52. The van der Waals surface area contributed by atoms with Crippen molar-refractivity contribution in [1.29, 1.82) is 0 Å². The van der Waals surface area contributed by atoms with Gasteiger partial charge < -0.3 is 15.2 Å². The van der Waals surface area contributed by atoms with Gasteiger partial charge in [-0.1, -0.05) is 0 Å². The summed E-state index contributed by atoms with van der Waals surface area (Å²) in [6.45, 7) is 0.539. The standard InChI is InChI=1S/C13H19NO5/c15-9-4-1-3-8(7-9)11(13(17)18)14-12(16)10-5-2-6-19-10/h8,10-11H,1-7H2,(H,14,16)(H,17,18)/t8-,10-,11-/m1/s1. The third-order valence-electron chi connectivity index (χ3n) is 3.78.